The molecule has 0 spiro atoms. The topological polar surface area (TPSA) is 44.6 Å². The lowest BCUT2D eigenvalue weighted by Crippen LogP contribution is -2.19. The summed E-state index contributed by atoms with van der Waals surface area (Å²) in [5.74, 6) is 7.35. The van der Waals surface area contributed by atoms with Gasteiger partial charge in [0.05, 0.1) is 12.1 Å². The normalized spacial score (nSPS) is 12.7. The minimum Gasteiger partial charge on any atom is -0.507 e. The monoisotopic (exact) mass is 338 g/mol. The van der Waals surface area contributed by atoms with Crippen molar-refractivity contribution in [1.82, 2.24) is 5.32 Å². The number of phenols is 1. The molecule has 3 nitrogen and oxygen atoms in total. The van der Waals surface area contributed by atoms with Gasteiger partial charge < -0.3 is 10.4 Å². The third-order valence-electron chi connectivity index (χ3n) is 4.28. The molecule has 3 heteroatoms. The zero-order valence-corrected chi connectivity index (χ0v) is 14.2. The quantitative estimate of drug-likeness (QED) is 0.698. The van der Waals surface area contributed by atoms with Gasteiger partial charge in [0.2, 0.25) is 0 Å². The molecular formula is C23H18N2O. The molecule has 0 atom stereocenters. The highest BCUT2D eigenvalue weighted by molar-refractivity contribution is 5.99. The average Bonchev–Trinajstić information content (AvgIpc) is 3.23. The van der Waals surface area contributed by atoms with Crippen molar-refractivity contribution in [1.29, 1.82) is 0 Å². The summed E-state index contributed by atoms with van der Waals surface area (Å²) in [6, 6.07) is 23.6. The SMILES string of the molecule is Oc1ccc(-c2ccccc2)cc1C#Cc1ccc(C2=NCCN2)cc1. The highest BCUT2D eigenvalue weighted by Gasteiger charge is 2.07. The second-order valence-electron chi connectivity index (χ2n) is 6.08. The second kappa shape index (κ2) is 7.16. The van der Waals surface area contributed by atoms with Crippen molar-refractivity contribution >= 4 is 5.84 Å². The van der Waals surface area contributed by atoms with Crippen molar-refractivity contribution in [3.63, 3.8) is 0 Å². The first-order valence-corrected chi connectivity index (χ1v) is 8.59. The second-order valence-corrected chi connectivity index (χ2v) is 6.08. The zero-order valence-electron chi connectivity index (χ0n) is 14.2. The third kappa shape index (κ3) is 3.45. The Hall–Kier alpha value is -3.51. The van der Waals surface area contributed by atoms with Crippen LogP contribution in [0.25, 0.3) is 11.1 Å². The number of aromatic hydroxyl groups is 1. The molecule has 126 valence electrons. The summed E-state index contributed by atoms with van der Waals surface area (Å²) in [5.41, 5.74) is 4.73. The first-order chi connectivity index (χ1) is 12.8. The standard InChI is InChI=1S/C23H18N2O/c26-22-13-12-20(18-4-2-1-3-5-18)16-21(22)11-8-17-6-9-19(10-7-17)23-24-14-15-25-23/h1-7,9-10,12-13,16,26H,14-15H2,(H,24,25). The van der Waals surface area contributed by atoms with Crippen LogP contribution in [0.15, 0.2) is 77.8 Å². The van der Waals surface area contributed by atoms with Gasteiger partial charge in [-0.05, 0) is 35.4 Å². The number of benzene rings is 3. The van der Waals surface area contributed by atoms with Gasteiger partial charge in [-0.3, -0.25) is 4.99 Å². The largest absolute Gasteiger partial charge is 0.507 e. The van der Waals surface area contributed by atoms with Crippen LogP contribution in [-0.2, 0) is 0 Å². The maximum absolute atomic E-state index is 10.1. The van der Waals surface area contributed by atoms with Crippen LogP contribution in [-0.4, -0.2) is 24.0 Å². The van der Waals surface area contributed by atoms with Crippen LogP contribution in [0.1, 0.15) is 16.7 Å². The van der Waals surface area contributed by atoms with E-state index in [1.54, 1.807) is 6.07 Å². The molecule has 0 saturated heterocycles. The summed E-state index contributed by atoms with van der Waals surface area (Å²) < 4.78 is 0. The Morgan fingerprint density at radius 3 is 2.31 bits per heavy atom. The van der Waals surface area contributed by atoms with E-state index in [0.29, 0.717) is 5.56 Å². The van der Waals surface area contributed by atoms with Crippen molar-refractivity contribution in [3.8, 4) is 28.7 Å². The van der Waals surface area contributed by atoms with Crippen molar-refractivity contribution in [3.05, 3.63) is 89.5 Å². The number of rotatable bonds is 2. The van der Waals surface area contributed by atoms with Crippen molar-refractivity contribution < 1.29 is 5.11 Å². The summed E-state index contributed by atoms with van der Waals surface area (Å²) in [6.07, 6.45) is 0. The van der Waals surface area contributed by atoms with E-state index in [2.05, 4.69) is 22.2 Å². The van der Waals surface area contributed by atoms with E-state index in [-0.39, 0.29) is 5.75 Å². The van der Waals surface area contributed by atoms with Crippen LogP contribution in [0.5, 0.6) is 5.75 Å². The van der Waals surface area contributed by atoms with Crippen LogP contribution in [0.4, 0.5) is 0 Å². The van der Waals surface area contributed by atoms with Gasteiger partial charge in [0.15, 0.2) is 0 Å². The number of nitrogens with zero attached hydrogens (tertiary/aromatic N) is 1. The molecule has 0 radical (unpaired) electrons. The highest BCUT2D eigenvalue weighted by atomic mass is 16.3. The first kappa shape index (κ1) is 16.0. The maximum atomic E-state index is 10.1. The summed E-state index contributed by atoms with van der Waals surface area (Å²) in [4.78, 5) is 4.42. The Labute approximate surface area is 153 Å². The maximum Gasteiger partial charge on any atom is 0.131 e. The van der Waals surface area contributed by atoms with E-state index in [4.69, 9.17) is 0 Å². The minimum absolute atomic E-state index is 0.193. The Bertz CT molecular complexity index is 1010. The molecule has 1 heterocycles. The lowest BCUT2D eigenvalue weighted by Gasteiger charge is -2.04. The summed E-state index contributed by atoms with van der Waals surface area (Å²) in [7, 11) is 0. The van der Waals surface area contributed by atoms with Crippen molar-refractivity contribution in [2.45, 2.75) is 0 Å². The van der Waals surface area contributed by atoms with E-state index in [1.165, 1.54) is 0 Å². The number of amidine groups is 1. The van der Waals surface area contributed by atoms with Gasteiger partial charge in [-0.2, -0.15) is 0 Å². The van der Waals surface area contributed by atoms with Gasteiger partial charge in [-0.1, -0.05) is 60.4 Å². The van der Waals surface area contributed by atoms with Gasteiger partial charge in [0, 0.05) is 17.7 Å². The fourth-order valence-corrected chi connectivity index (χ4v) is 2.89. The molecule has 1 aliphatic heterocycles. The van der Waals surface area contributed by atoms with Crippen LogP contribution in [0, 0.1) is 11.8 Å². The molecule has 4 rings (SSSR count). The predicted octanol–water partition coefficient (Wildman–Crippen LogP) is 3.81. The average molecular weight is 338 g/mol. The van der Waals surface area contributed by atoms with E-state index in [1.807, 2.05) is 66.7 Å². The number of nitrogens with one attached hydrogen (secondary N) is 1. The summed E-state index contributed by atoms with van der Waals surface area (Å²) in [6.45, 7) is 1.72. The van der Waals surface area contributed by atoms with E-state index < -0.39 is 0 Å². The molecule has 0 unspecified atom stereocenters. The van der Waals surface area contributed by atoms with E-state index >= 15 is 0 Å². The molecule has 26 heavy (non-hydrogen) atoms. The van der Waals surface area contributed by atoms with Gasteiger partial charge in [0.1, 0.15) is 11.6 Å². The molecule has 0 amide bonds. The molecule has 0 fully saturated rings. The highest BCUT2D eigenvalue weighted by Crippen LogP contribution is 2.25. The minimum atomic E-state index is 0.193. The molecule has 0 aliphatic carbocycles. The fourth-order valence-electron chi connectivity index (χ4n) is 2.89. The smallest absolute Gasteiger partial charge is 0.131 e. The zero-order chi connectivity index (χ0) is 17.8. The van der Waals surface area contributed by atoms with Crippen LogP contribution in [0.2, 0.25) is 0 Å². The van der Waals surface area contributed by atoms with Gasteiger partial charge >= 0.3 is 0 Å². The van der Waals surface area contributed by atoms with Crippen LogP contribution < -0.4 is 5.32 Å². The number of phenolic OH excluding ortho intramolecular Hbond substituents is 1. The lowest BCUT2D eigenvalue weighted by molar-refractivity contribution is 0.474. The molecule has 1 aliphatic rings. The van der Waals surface area contributed by atoms with Gasteiger partial charge in [0.25, 0.3) is 0 Å². The molecule has 0 bridgehead atoms. The molecule has 2 N–H and O–H groups in total. The number of aliphatic imine (C=N–C) groups is 1. The third-order valence-corrected chi connectivity index (χ3v) is 4.28. The summed E-state index contributed by atoms with van der Waals surface area (Å²) >= 11 is 0. The Kier molecular flexibility index (Phi) is 4.40. The fraction of sp³-hybridized carbons (Fsp3) is 0.0870. The van der Waals surface area contributed by atoms with Crippen LogP contribution >= 0.6 is 0 Å². The van der Waals surface area contributed by atoms with Gasteiger partial charge in [-0.25, -0.2) is 0 Å². The number of hydrogen-bond donors (Lipinski definition) is 2. The van der Waals surface area contributed by atoms with Crippen molar-refractivity contribution in [2.24, 2.45) is 4.99 Å². The molecule has 0 saturated carbocycles. The molecular weight excluding hydrogens is 320 g/mol. The summed E-state index contributed by atoms with van der Waals surface area (Å²) in [5, 5.41) is 13.4. The molecule has 3 aromatic rings. The Balaban J connectivity index is 1.60. The van der Waals surface area contributed by atoms with Crippen molar-refractivity contribution in [2.75, 3.05) is 13.1 Å². The number of hydrogen-bond acceptors (Lipinski definition) is 3. The van der Waals surface area contributed by atoms with Crippen LogP contribution in [0.3, 0.4) is 0 Å². The Morgan fingerprint density at radius 1 is 0.808 bits per heavy atom. The Morgan fingerprint density at radius 2 is 1.58 bits per heavy atom. The lowest BCUT2D eigenvalue weighted by atomic mass is 10.0. The van der Waals surface area contributed by atoms with E-state index in [9.17, 15) is 5.11 Å². The molecule has 0 aromatic heterocycles. The first-order valence-electron chi connectivity index (χ1n) is 8.59. The molecule has 3 aromatic carbocycles. The predicted molar refractivity (Wildman–Crippen MR) is 105 cm³/mol. The van der Waals surface area contributed by atoms with Gasteiger partial charge in [-0.15, -0.1) is 0 Å². The van der Waals surface area contributed by atoms with E-state index in [0.717, 1.165) is 41.2 Å².